The predicted octanol–water partition coefficient (Wildman–Crippen LogP) is 1.69. The number of aliphatic hydroxyl groups is 1. The number of nitrogens with one attached hydrogen (secondary N) is 1. The molecule has 1 atom stereocenters. The van der Waals surface area contributed by atoms with Crippen molar-refractivity contribution < 1.29 is 29.3 Å². The summed E-state index contributed by atoms with van der Waals surface area (Å²) >= 11 is 0. The van der Waals surface area contributed by atoms with Gasteiger partial charge in [0.15, 0.2) is 17.1 Å². The van der Waals surface area contributed by atoms with Crippen LogP contribution in [0.25, 0.3) is 0 Å². The topological polar surface area (TPSA) is 105 Å². The van der Waals surface area contributed by atoms with Crippen molar-refractivity contribution in [1.82, 2.24) is 5.32 Å². The summed E-state index contributed by atoms with van der Waals surface area (Å²) in [6, 6.07) is 4.69. The van der Waals surface area contributed by atoms with Gasteiger partial charge in [-0.25, -0.2) is 4.79 Å². The van der Waals surface area contributed by atoms with Crippen molar-refractivity contribution in [2.24, 2.45) is 5.92 Å². The lowest BCUT2D eigenvalue weighted by atomic mass is 10.1. The highest BCUT2D eigenvalue weighted by atomic mass is 16.5. The first-order valence-electron chi connectivity index (χ1n) is 7.72. The summed E-state index contributed by atoms with van der Waals surface area (Å²) in [5.74, 6) is -0.454. The van der Waals surface area contributed by atoms with E-state index in [1.165, 1.54) is 13.2 Å². The molecule has 0 radical (unpaired) electrons. The maximum atomic E-state index is 12.1. The summed E-state index contributed by atoms with van der Waals surface area (Å²) in [6.45, 7) is 5.44. The second kappa shape index (κ2) is 8.54. The minimum absolute atomic E-state index is 0.282. The van der Waals surface area contributed by atoms with Crippen LogP contribution in [0.4, 0.5) is 0 Å². The zero-order chi connectivity index (χ0) is 18.3. The Balaban J connectivity index is 2.75. The van der Waals surface area contributed by atoms with Gasteiger partial charge >= 0.3 is 5.97 Å². The van der Waals surface area contributed by atoms with Gasteiger partial charge in [-0.3, -0.25) is 4.79 Å². The van der Waals surface area contributed by atoms with Crippen LogP contribution in [0.15, 0.2) is 18.2 Å². The van der Waals surface area contributed by atoms with Gasteiger partial charge in [0.1, 0.15) is 0 Å². The maximum Gasteiger partial charge on any atom is 0.337 e. The number of rotatable bonds is 9. The van der Waals surface area contributed by atoms with Crippen LogP contribution < -0.4 is 14.8 Å². The highest BCUT2D eigenvalue weighted by molar-refractivity contribution is 5.95. The van der Waals surface area contributed by atoms with Gasteiger partial charge in [0.25, 0.3) is 5.91 Å². The Morgan fingerprint density at radius 1 is 1.29 bits per heavy atom. The molecule has 7 heteroatoms. The van der Waals surface area contributed by atoms with E-state index in [-0.39, 0.29) is 5.56 Å². The number of carbonyl (C=O) groups excluding carboxylic acids is 1. The third-order valence-corrected chi connectivity index (χ3v) is 3.43. The smallest absolute Gasteiger partial charge is 0.337 e. The number of hydrogen-bond donors (Lipinski definition) is 3. The first-order valence-corrected chi connectivity index (χ1v) is 7.72. The molecule has 0 bridgehead atoms. The van der Waals surface area contributed by atoms with Crippen LogP contribution >= 0.6 is 0 Å². The lowest BCUT2D eigenvalue weighted by molar-refractivity contribution is -0.155. The van der Waals surface area contributed by atoms with E-state index in [2.05, 4.69) is 19.2 Å². The van der Waals surface area contributed by atoms with Crippen LogP contribution in [-0.4, -0.2) is 48.0 Å². The number of carboxylic acids is 1. The number of hydrogen-bond acceptors (Lipinski definition) is 5. The first-order chi connectivity index (χ1) is 11.2. The summed E-state index contributed by atoms with van der Waals surface area (Å²) in [5, 5.41) is 20.8. The molecular formula is C17H25NO6. The fourth-order valence-corrected chi connectivity index (χ4v) is 1.76. The van der Waals surface area contributed by atoms with Crippen LogP contribution in [0.5, 0.6) is 11.5 Å². The number of benzene rings is 1. The Bertz CT molecular complexity index is 582. The average molecular weight is 339 g/mol. The molecule has 1 rings (SSSR count). The van der Waals surface area contributed by atoms with Crippen molar-refractivity contribution in [2.45, 2.75) is 32.8 Å². The molecule has 0 saturated carbocycles. The second-order valence-corrected chi connectivity index (χ2v) is 6.16. The Labute approximate surface area is 141 Å². The number of methoxy groups -OCH3 is 1. The molecule has 0 aliphatic heterocycles. The minimum atomic E-state index is -2.03. The molecular weight excluding hydrogens is 314 g/mol. The van der Waals surface area contributed by atoms with E-state index in [0.29, 0.717) is 24.0 Å². The summed E-state index contributed by atoms with van der Waals surface area (Å²) in [5.41, 5.74) is -1.75. The fraction of sp³-hybridized carbons (Fsp3) is 0.529. The number of amides is 1. The Morgan fingerprint density at radius 3 is 2.50 bits per heavy atom. The normalized spacial score (nSPS) is 13.2. The molecule has 0 saturated heterocycles. The Hall–Kier alpha value is -2.28. The molecule has 7 nitrogen and oxygen atoms in total. The SMILES string of the molecule is COc1cc(C(=O)NCC(C)(O)C(=O)O)ccc1OCCC(C)C. The molecule has 0 fully saturated rings. The highest BCUT2D eigenvalue weighted by Crippen LogP contribution is 2.28. The van der Waals surface area contributed by atoms with Gasteiger partial charge in [-0.05, 0) is 37.5 Å². The molecule has 0 heterocycles. The molecule has 3 N–H and O–H groups in total. The van der Waals surface area contributed by atoms with Crippen molar-refractivity contribution in [3.8, 4) is 11.5 Å². The van der Waals surface area contributed by atoms with E-state index < -0.39 is 24.0 Å². The molecule has 0 aromatic heterocycles. The molecule has 134 valence electrons. The highest BCUT2D eigenvalue weighted by Gasteiger charge is 2.30. The lowest BCUT2D eigenvalue weighted by Gasteiger charge is -2.18. The van der Waals surface area contributed by atoms with Crippen molar-refractivity contribution in [3.63, 3.8) is 0 Å². The van der Waals surface area contributed by atoms with E-state index in [1.807, 2.05) is 0 Å². The third kappa shape index (κ3) is 5.73. The van der Waals surface area contributed by atoms with E-state index in [9.17, 15) is 14.7 Å². The number of aliphatic carboxylic acids is 1. The summed E-state index contributed by atoms with van der Waals surface area (Å²) in [4.78, 5) is 22.9. The largest absolute Gasteiger partial charge is 0.493 e. The zero-order valence-corrected chi connectivity index (χ0v) is 14.5. The molecule has 24 heavy (non-hydrogen) atoms. The van der Waals surface area contributed by atoms with Crippen LogP contribution in [0.2, 0.25) is 0 Å². The van der Waals surface area contributed by atoms with Crippen molar-refractivity contribution in [2.75, 3.05) is 20.3 Å². The summed E-state index contributed by atoms with van der Waals surface area (Å²) < 4.78 is 10.9. The number of carboxylic acid groups (broad SMARTS) is 1. The standard InChI is InChI=1S/C17H25NO6/c1-11(2)7-8-24-13-6-5-12(9-14(13)23-4)15(19)18-10-17(3,22)16(20)21/h5-6,9,11,22H,7-8,10H2,1-4H3,(H,18,19)(H,20,21). The molecule has 1 aromatic rings. The van der Waals surface area contributed by atoms with E-state index >= 15 is 0 Å². The van der Waals surface area contributed by atoms with Gasteiger partial charge in [-0.15, -0.1) is 0 Å². The third-order valence-electron chi connectivity index (χ3n) is 3.43. The lowest BCUT2D eigenvalue weighted by Crippen LogP contribution is -2.46. The number of carbonyl (C=O) groups is 2. The zero-order valence-electron chi connectivity index (χ0n) is 14.5. The Kier molecular flexibility index (Phi) is 7.03. The van der Waals surface area contributed by atoms with Gasteiger partial charge in [0, 0.05) is 5.56 Å². The quantitative estimate of drug-likeness (QED) is 0.632. The van der Waals surface area contributed by atoms with Gasteiger partial charge in [0.2, 0.25) is 0 Å². The predicted molar refractivity (Wildman–Crippen MR) is 88.5 cm³/mol. The monoisotopic (exact) mass is 339 g/mol. The van der Waals surface area contributed by atoms with E-state index in [0.717, 1.165) is 13.3 Å². The molecule has 0 aliphatic rings. The average Bonchev–Trinajstić information content (AvgIpc) is 2.52. The molecule has 0 aliphatic carbocycles. The summed E-state index contributed by atoms with van der Waals surface area (Å²) in [6.07, 6.45) is 0.898. The van der Waals surface area contributed by atoms with E-state index in [4.69, 9.17) is 14.6 Å². The molecule has 1 amide bonds. The van der Waals surface area contributed by atoms with Crippen LogP contribution in [0.1, 0.15) is 37.6 Å². The van der Waals surface area contributed by atoms with Crippen LogP contribution in [-0.2, 0) is 4.79 Å². The van der Waals surface area contributed by atoms with Gasteiger partial charge < -0.3 is 25.0 Å². The van der Waals surface area contributed by atoms with Crippen LogP contribution in [0.3, 0.4) is 0 Å². The second-order valence-electron chi connectivity index (χ2n) is 6.16. The first kappa shape index (κ1) is 19.8. The molecule has 1 unspecified atom stereocenters. The van der Waals surface area contributed by atoms with Gasteiger partial charge in [-0.2, -0.15) is 0 Å². The van der Waals surface area contributed by atoms with Crippen LogP contribution in [0, 0.1) is 5.92 Å². The number of ether oxygens (including phenoxy) is 2. The van der Waals surface area contributed by atoms with E-state index in [1.54, 1.807) is 12.1 Å². The van der Waals surface area contributed by atoms with Gasteiger partial charge in [-0.1, -0.05) is 13.8 Å². The molecule has 1 aromatic carbocycles. The fourth-order valence-electron chi connectivity index (χ4n) is 1.76. The Morgan fingerprint density at radius 2 is 1.96 bits per heavy atom. The minimum Gasteiger partial charge on any atom is -0.493 e. The molecule has 0 spiro atoms. The van der Waals surface area contributed by atoms with Crippen molar-refractivity contribution >= 4 is 11.9 Å². The van der Waals surface area contributed by atoms with Crippen molar-refractivity contribution in [1.29, 1.82) is 0 Å². The van der Waals surface area contributed by atoms with Crippen molar-refractivity contribution in [3.05, 3.63) is 23.8 Å². The van der Waals surface area contributed by atoms with Gasteiger partial charge in [0.05, 0.1) is 20.3 Å². The summed E-state index contributed by atoms with van der Waals surface area (Å²) in [7, 11) is 1.47. The maximum absolute atomic E-state index is 12.1.